The third-order valence-corrected chi connectivity index (χ3v) is 4.73. The summed E-state index contributed by atoms with van der Waals surface area (Å²) in [7, 11) is 0. The maximum Gasteiger partial charge on any atom is 0.254 e. The first kappa shape index (κ1) is 19.3. The minimum atomic E-state index is -0.0513. The van der Waals surface area contributed by atoms with Crippen LogP contribution in [0.25, 0.3) is 11.0 Å². The van der Waals surface area contributed by atoms with E-state index in [0.717, 1.165) is 5.39 Å². The van der Waals surface area contributed by atoms with Crippen LogP contribution in [0.3, 0.4) is 0 Å². The zero-order chi connectivity index (χ0) is 19.6. The number of ether oxygens (including phenoxy) is 1. The number of carbonyl (C=O) groups is 2. The van der Waals surface area contributed by atoms with Crippen molar-refractivity contribution >= 4 is 22.8 Å². The highest BCUT2D eigenvalue weighted by molar-refractivity contribution is 5.99. The fourth-order valence-corrected chi connectivity index (χ4v) is 3.44. The van der Waals surface area contributed by atoms with Crippen molar-refractivity contribution in [3.8, 4) is 5.75 Å². The molecule has 27 heavy (non-hydrogen) atoms. The van der Waals surface area contributed by atoms with Crippen LogP contribution >= 0.6 is 0 Å². The lowest BCUT2D eigenvalue weighted by Crippen LogP contribution is -2.44. The van der Waals surface area contributed by atoms with E-state index in [0.29, 0.717) is 42.8 Å². The van der Waals surface area contributed by atoms with E-state index >= 15 is 0 Å². The Morgan fingerprint density at radius 2 is 1.89 bits per heavy atom. The van der Waals surface area contributed by atoms with Gasteiger partial charge in [-0.1, -0.05) is 0 Å². The molecular weight excluding hydrogens is 344 g/mol. The Bertz CT molecular complexity index is 817. The van der Waals surface area contributed by atoms with E-state index in [-0.39, 0.29) is 29.9 Å². The van der Waals surface area contributed by atoms with Gasteiger partial charge in [0.25, 0.3) is 5.91 Å². The summed E-state index contributed by atoms with van der Waals surface area (Å²) in [6.45, 7) is 8.97. The molecule has 0 unspecified atom stereocenters. The van der Waals surface area contributed by atoms with Crippen LogP contribution in [-0.2, 0) is 4.79 Å². The Hall–Kier alpha value is -2.50. The molecule has 0 spiro atoms. The van der Waals surface area contributed by atoms with Crippen LogP contribution in [0, 0.1) is 5.92 Å². The molecule has 2 amide bonds. The van der Waals surface area contributed by atoms with Crippen molar-refractivity contribution < 1.29 is 18.7 Å². The second-order valence-electron chi connectivity index (χ2n) is 7.70. The van der Waals surface area contributed by atoms with E-state index < -0.39 is 0 Å². The first-order valence-corrected chi connectivity index (χ1v) is 9.62. The Morgan fingerprint density at radius 3 is 2.52 bits per heavy atom. The lowest BCUT2D eigenvalue weighted by Gasteiger charge is -2.31. The average Bonchev–Trinajstić information content (AvgIpc) is 3.09. The number of amides is 2. The molecule has 0 radical (unpaired) electrons. The molecule has 1 aliphatic rings. The van der Waals surface area contributed by atoms with Crippen molar-refractivity contribution in [1.29, 1.82) is 0 Å². The van der Waals surface area contributed by atoms with Gasteiger partial charge in [0.1, 0.15) is 11.3 Å². The monoisotopic (exact) mass is 372 g/mol. The smallest absolute Gasteiger partial charge is 0.254 e. The Labute approximate surface area is 159 Å². The summed E-state index contributed by atoms with van der Waals surface area (Å²) in [6.07, 6.45) is 2.97. The number of fused-ring (bicyclic) bond motifs is 1. The van der Waals surface area contributed by atoms with Gasteiger partial charge in [0, 0.05) is 30.6 Å². The number of nitrogens with one attached hydrogen (secondary N) is 1. The van der Waals surface area contributed by atoms with Gasteiger partial charge in [-0.25, -0.2) is 0 Å². The molecule has 0 aliphatic carbocycles. The van der Waals surface area contributed by atoms with Crippen molar-refractivity contribution in [1.82, 2.24) is 10.2 Å². The van der Waals surface area contributed by atoms with Crippen molar-refractivity contribution in [2.45, 2.75) is 52.7 Å². The Kier molecular flexibility index (Phi) is 5.73. The molecular formula is C21H28N2O4. The maximum absolute atomic E-state index is 13.0. The number of hydrogen-bond donors (Lipinski definition) is 1. The molecule has 1 fully saturated rings. The number of likely N-dealkylation sites (tertiary alicyclic amines) is 1. The summed E-state index contributed by atoms with van der Waals surface area (Å²) in [5, 5.41) is 3.82. The lowest BCUT2D eigenvalue weighted by molar-refractivity contribution is -0.126. The maximum atomic E-state index is 13.0. The molecule has 146 valence electrons. The van der Waals surface area contributed by atoms with Crippen LogP contribution in [0.15, 0.2) is 28.9 Å². The van der Waals surface area contributed by atoms with Crippen LogP contribution in [0.5, 0.6) is 5.75 Å². The highest BCUT2D eigenvalue weighted by Gasteiger charge is 2.28. The SMILES string of the molecule is CC(C)NC(=O)C1CCN(C(=O)c2cc(OC(C)C)c3ccoc3c2)CC1. The lowest BCUT2D eigenvalue weighted by atomic mass is 9.95. The summed E-state index contributed by atoms with van der Waals surface area (Å²) in [4.78, 5) is 27.0. The summed E-state index contributed by atoms with van der Waals surface area (Å²) in [5.74, 6) is 0.668. The van der Waals surface area contributed by atoms with Crippen LogP contribution in [0.4, 0.5) is 0 Å². The topological polar surface area (TPSA) is 71.8 Å². The van der Waals surface area contributed by atoms with Crippen molar-refractivity contribution in [3.05, 3.63) is 30.0 Å². The first-order valence-electron chi connectivity index (χ1n) is 9.62. The van der Waals surface area contributed by atoms with Crippen LogP contribution in [0.1, 0.15) is 50.9 Å². The summed E-state index contributed by atoms with van der Waals surface area (Å²) in [6, 6.07) is 5.54. The fraction of sp³-hybridized carbons (Fsp3) is 0.524. The van der Waals surface area contributed by atoms with Crippen LogP contribution < -0.4 is 10.1 Å². The number of rotatable bonds is 5. The number of furan rings is 1. The van der Waals surface area contributed by atoms with E-state index in [9.17, 15) is 9.59 Å². The highest BCUT2D eigenvalue weighted by Crippen LogP contribution is 2.30. The van der Waals surface area contributed by atoms with Gasteiger partial charge < -0.3 is 19.4 Å². The van der Waals surface area contributed by atoms with Crippen molar-refractivity contribution in [2.24, 2.45) is 5.92 Å². The zero-order valence-corrected chi connectivity index (χ0v) is 16.5. The predicted molar refractivity (Wildman–Crippen MR) is 104 cm³/mol. The zero-order valence-electron chi connectivity index (χ0n) is 16.5. The number of hydrogen-bond acceptors (Lipinski definition) is 4. The summed E-state index contributed by atoms with van der Waals surface area (Å²) < 4.78 is 11.4. The Morgan fingerprint density at radius 1 is 1.19 bits per heavy atom. The van der Waals surface area contributed by atoms with Gasteiger partial charge in [0.15, 0.2) is 0 Å². The fourth-order valence-electron chi connectivity index (χ4n) is 3.44. The van der Waals surface area contributed by atoms with Gasteiger partial charge in [-0.2, -0.15) is 0 Å². The minimum absolute atomic E-state index is 0.00339. The second kappa shape index (κ2) is 8.03. The molecule has 3 rings (SSSR count). The molecule has 6 heteroatoms. The number of benzene rings is 1. The molecule has 1 aromatic heterocycles. The number of nitrogens with zero attached hydrogens (tertiary/aromatic N) is 1. The molecule has 1 aromatic carbocycles. The normalized spacial score (nSPS) is 15.6. The minimum Gasteiger partial charge on any atom is -0.490 e. The van der Waals surface area contributed by atoms with Gasteiger partial charge in [0.05, 0.1) is 17.8 Å². The average molecular weight is 372 g/mol. The molecule has 1 aliphatic heterocycles. The van der Waals surface area contributed by atoms with E-state index in [1.165, 1.54) is 0 Å². The van der Waals surface area contributed by atoms with Gasteiger partial charge in [-0.05, 0) is 58.7 Å². The van der Waals surface area contributed by atoms with Gasteiger partial charge in [-0.15, -0.1) is 0 Å². The standard InChI is InChI=1S/C21H28N2O4/c1-13(2)22-20(24)15-5-8-23(9-6-15)21(25)16-11-18-17(7-10-26-18)19(12-16)27-14(3)4/h7,10-15H,5-6,8-9H2,1-4H3,(H,22,24). The van der Waals surface area contributed by atoms with Crippen molar-refractivity contribution in [2.75, 3.05) is 13.1 Å². The molecule has 0 atom stereocenters. The Balaban J connectivity index is 1.72. The van der Waals surface area contributed by atoms with E-state index in [1.54, 1.807) is 18.4 Å². The van der Waals surface area contributed by atoms with Gasteiger partial charge in [0.2, 0.25) is 5.91 Å². The molecule has 2 heterocycles. The second-order valence-corrected chi connectivity index (χ2v) is 7.70. The molecule has 1 saturated heterocycles. The first-order chi connectivity index (χ1) is 12.8. The predicted octanol–water partition coefficient (Wildman–Crippen LogP) is 3.60. The molecule has 2 aromatic rings. The van der Waals surface area contributed by atoms with Gasteiger partial charge >= 0.3 is 0 Å². The van der Waals surface area contributed by atoms with Gasteiger partial charge in [-0.3, -0.25) is 9.59 Å². The molecule has 6 nitrogen and oxygen atoms in total. The van der Waals surface area contributed by atoms with Crippen molar-refractivity contribution in [3.63, 3.8) is 0 Å². The molecule has 0 saturated carbocycles. The highest BCUT2D eigenvalue weighted by atomic mass is 16.5. The summed E-state index contributed by atoms with van der Waals surface area (Å²) in [5.41, 5.74) is 1.20. The molecule has 1 N–H and O–H groups in total. The van der Waals surface area contributed by atoms with E-state index in [4.69, 9.17) is 9.15 Å². The van der Waals surface area contributed by atoms with Crippen LogP contribution in [-0.4, -0.2) is 41.9 Å². The van der Waals surface area contributed by atoms with Crippen LogP contribution in [0.2, 0.25) is 0 Å². The number of carbonyl (C=O) groups excluding carboxylic acids is 2. The molecule has 0 bridgehead atoms. The quantitative estimate of drug-likeness (QED) is 0.870. The third-order valence-electron chi connectivity index (χ3n) is 4.73. The summed E-state index contributed by atoms with van der Waals surface area (Å²) >= 11 is 0. The number of piperidine rings is 1. The largest absolute Gasteiger partial charge is 0.490 e. The van der Waals surface area contributed by atoms with E-state index in [1.807, 2.05) is 38.7 Å². The third kappa shape index (κ3) is 4.43. The van der Waals surface area contributed by atoms with E-state index in [2.05, 4.69) is 5.32 Å².